The molecule has 29 heavy (non-hydrogen) atoms. The molecule has 2 N–H and O–H groups in total. The lowest BCUT2D eigenvalue weighted by Crippen LogP contribution is -2.29. The third kappa shape index (κ3) is 4.07. The Kier molecular flexibility index (Phi) is 5.99. The second-order valence-electron chi connectivity index (χ2n) is 6.58. The lowest BCUT2D eigenvalue weighted by molar-refractivity contribution is 0.146. The van der Waals surface area contributed by atoms with Crippen LogP contribution in [0.1, 0.15) is 23.5 Å². The third-order valence-corrected chi connectivity index (χ3v) is 5.39. The van der Waals surface area contributed by atoms with Crippen LogP contribution in [-0.4, -0.2) is 35.4 Å². The van der Waals surface area contributed by atoms with Gasteiger partial charge in [-0.3, -0.25) is 4.98 Å². The zero-order chi connectivity index (χ0) is 20.2. The molecule has 2 atom stereocenters. The lowest BCUT2D eigenvalue weighted by Gasteiger charge is -2.27. The Morgan fingerprint density at radius 1 is 1.17 bits per heavy atom. The Morgan fingerprint density at radius 3 is 2.76 bits per heavy atom. The molecule has 1 aliphatic heterocycles. The summed E-state index contributed by atoms with van der Waals surface area (Å²) in [5.74, 6) is 0.614. The number of hydrogen-bond acceptors (Lipinski definition) is 4. The van der Waals surface area contributed by atoms with Gasteiger partial charge in [0.05, 0.1) is 23.4 Å². The van der Waals surface area contributed by atoms with Gasteiger partial charge in [-0.05, 0) is 54.7 Å². The molecule has 1 saturated heterocycles. The van der Waals surface area contributed by atoms with E-state index >= 15 is 0 Å². The minimum atomic E-state index is -0.0984. The number of anilines is 1. The number of ether oxygens (including phenoxy) is 2. The highest BCUT2D eigenvalue weighted by molar-refractivity contribution is 7.80. The predicted molar refractivity (Wildman–Crippen MR) is 118 cm³/mol. The maximum absolute atomic E-state index is 6.48. The average molecular weight is 429 g/mol. The summed E-state index contributed by atoms with van der Waals surface area (Å²) in [5, 5.41) is 4.55. The molecular formula is C21H21ClN4O2S. The number of nitrogens with one attached hydrogen (secondary N) is 2. The summed E-state index contributed by atoms with van der Waals surface area (Å²) in [6.07, 6.45) is 3.70. The topological polar surface area (TPSA) is 62.4 Å². The number of benzene rings is 1. The fourth-order valence-corrected chi connectivity index (χ4v) is 4.04. The first-order chi connectivity index (χ1) is 14.2. The van der Waals surface area contributed by atoms with E-state index < -0.39 is 0 Å². The van der Waals surface area contributed by atoms with Crippen LogP contribution in [0, 0.1) is 0 Å². The van der Waals surface area contributed by atoms with Crippen LogP contribution >= 0.6 is 23.8 Å². The van der Waals surface area contributed by atoms with Crippen molar-refractivity contribution in [2.75, 3.05) is 25.2 Å². The number of H-pyrrole nitrogens is 1. The molecule has 0 saturated carbocycles. The van der Waals surface area contributed by atoms with Gasteiger partial charge in [0.1, 0.15) is 18.4 Å². The van der Waals surface area contributed by atoms with Crippen LogP contribution in [-0.2, 0) is 4.74 Å². The number of aromatic amines is 1. The summed E-state index contributed by atoms with van der Waals surface area (Å²) < 4.78 is 10.7. The molecule has 1 aromatic carbocycles. The van der Waals surface area contributed by atoms with E-state index in [9.17, 15) is 0 Å². The zero-order valence-electron chi connectivity index (χ0n) is 15.8. The second-order valence-corrected chi connectivity index (χ2v) is 7.37. The van der Waals surface area contributed by atoms with Gasteiger partial charge in [0.25, 0.3) is 0 Å². The van der Waals surface area contributed by atoms with Gasteiger partial charge in [0, 0.05) is 30.9 Å². The van der Waals surface area contributed by atoms with E-state index in [1.54, 1.807) is 13.3 Å². The molecule has 0 unspecified atom stereocenters. The molecule has 0 aliphatic carbocycles. The Labute approximate surface area is 179 Å². The standard InChI is InChI=1S/C21H21ClN4O2S/c1-27-11-12-28-18-8-7-14(13-15(18)22)26-20(17-6-4-10-24-17)19(25-21(26)29)16-5-2-3-9-23-16/h2-10,13,19-20,24H,11-12H2,1H3,(H,25,29)/t19-,20-/m1/s1. The predicted octanol–water partition coefficient (Wildman–Crippen LogP) is 4.27. The smallest absolute Gasteiger partial charge is 0.174 e. The largest absolute Gasteiger partial charge is 0.490 e. The van der Waals surface area contributed by atoms with Crippen molar-refractivity contribution in [2.45, 2.75) is 12.1 Å². The molecule has 4 rings (SSSR count). The van der Waals surface area contributed by atoms with Crippen LogP contribution in [0.5, 0.6) is 5.75 Å². The zero-order valence-corrected chi connectivity index (χ0v) is 17.4. The second kappa shape index (κ2) is 8.82. The van der Waals surface area contributed by atoms with Crippen LogP contribution in [0.25, 0.3) is 0 Å². The highest BCUT2D eigenvalue weighted by Crippen LogP contribution is 2.42. The highest BCUT2D eigenvalue weighted by Gasteiger charge is 2.41. The molecule has 3 heterocycles. The van der Waals surface area contributed by atoms with Crippen LogP contribution in [0.2, 0.25) is 5.02 Å². The molecule has 0 bridgehead atoms. The summed E-state index contributed by atoms with van der Waals surface area (Å²) in [4.78, 5) is 9.92. The first-order valence-electron chi connectivity index (χ1n) is 9.24. The number of halogens is 1. The molecule has 1 fully saturated rings. The molecule has 2 aromatic heterocycles. The van der Waals surface area contributed by atoms with Crippen molar-refractivity contribution < 1.29 is 9.47 Å². The summed E-state index contributed by atoms with van der Waals surface area (Å²) in [6.45, 7) is 0.935. The Hall–Kier alpha value is -2.61. The summed E-state index contributed by atoms with van der Waals surface area (Å²) in [7, 11) is 1.63. The first-order valence-corrected chi connectivity index (χ1v) is 10.0. The molecule has 0 amide bonds. The van der Waals surface area contributed by atoms with Gasteiger partial charge in [-0.1, -0.05) is 17.7 Å². The average Bonchev–Trinajstić information content (AvgIpc) is 3.37. The van der Waals surface area contributed by atoms with Crippen LogP contribution < -0.4 is 15.0 Å². The number of methoxy groups -OCH3 is 1. The van der Waals surface area contributed by atoms with Gasteiger partial charge in [0.2, 0.25) is 0 Å². The number of pyridine rings is 1. The van der Waals surface area contributed by atoms with Gasteiger partial charge < -0.3 is 24.7 Å². The van der Waals surface area contributed by atoms with Gasteiger partial charge in [-0.25, -0.2) is 0 Å². The number of nitrogens with zero attached hydrogens (tertiary/aromatic N) is 2. The Balaban J connectivity index is 1.68. The monoisotopic (exact) mass is 428 g/mol. The van der Waals surface area contributed by atoms with Crippen LogP contribution in [0.3, 0.4) is 0 Å². The van der Waals surface area contributed by atoms with Crippen molar-refractivity contribution in [1.29, 1.82) is 0 Å². The first kappa shape index (κ1) is 19.7. The maximum Gasteiger partial charge on any atom is 0.174 e. The van der Waals surface area contributed by atoms with E-state index in [-0.39, 0.29) is 12.1 Å². The Bertz CT molecular complexity index is 968. The Morgan fingerprint density at radius 2 is 2.07 bits per heavy atom. The van der Waals surface area contributed by atoms with Crippen molar-refractivity contribution >= 4 is 34.6 Å². The van der Waals surface area contributed by atoms with Crippen molar-refractivity contribution in [3.05, 3.63) is 77.3 Å². The van der Waals surface area contributed by atoms with Crippen molar-refractivity contribution in [1.82, 2.24) is 15.3 Å². The van der Waals surface area contributed by atoms with E-state index in [4.69, 9.17) is 33.3 Å². The van der Waals surface area contributed by atoms with Gasteiger partial charge >= 0.3 is 0 Å². The molecule has 0 spiro atoms. The quantitative estimate of drug-likeness (QED) is 0.433. The number of thiocarbonyl (C=S) groups is 1. The number of aromatic nitrogens is 2. The normalized spacial score (nSPS) is 18.7. The van der Waals surface area contributed by atoms with E-state index in [0.29, 0.717) is 29.1 Å². The fourth-order valence-electron chi connectivity index (χ4n) is 3.47. The highest BCUT2D eigenvalue weighted by atomic mass is 35.5. The van der Waals surface area contributed by atoms with Gasteiger partial charge in [-0.2, -0.15) is 0 Å². The molecule has 6 nitrogen and oxygen atoms in total. The van der Waals surface area contributed by atoms with Crippen molar-refractivity contribution in [3.8, 4) is 5.75 Å². The molecule has 8 heteroatoms. The van der Waals surface area contributed by atoms with E-state index in [2.05, 4.69) is 20.2 Å². The van der Waals surface area contributed by atoms with Crippen molar-refractivity contribution in [2.24, 2.45) is 0 Å². The van der Waals surface area contributed by atoms with E-state index in [1.807, 2.05) is 54.7 Å². The van der Waals surface area contributed by atoms with Gasteiger partial charge in [-0.15, -0.1) is 0 Å². The molecule has 150 valence electrons. The summed E-state index contributed by atoms with van der Waals surface area (Å²) >= 11 is 12.2. The van der Waals surface area contributed by atoms with Crippen LogP contribution in [0.4, 0.5) is 5.69 Å². The molecule has 0 radical (unpaired) electrons. The molecule has 1 aliphatic rings. The number of rotatable bonds is 7. The van der Waals surface area contributed by atoms with Crippen LogP contribution in [0.15, 0.2) is 60.9 Å². The lowest BCUT2D eigenvalue weighted by atomic mass is 10.0. The summed E-state index contributed by atoms with van der Waals surface area (Å²) in [5.41, 5.74) is 2.83. The minimum Gasteiger partial charge on any atom is -0.490 e. The SMILES string of the molecule is COCCOc1ccc(N2C(=S)N[C@H](c3ccccn3)[C@H]2c2ccc[nH]2)cc1Cl. The number of hydrogen-bond donors (Lipinski definition) is 2. The van der Waals surface area contributed by atoms with Crippen molar-refractivity contribution in [3.63, 3.8) is 0 Å². The molecular weight excluding hydrogens is 408 g/mol. The van der Waals surface area contributed by atoms with E-state index in [0.717, 1.165) is 17.1 Å². The van der Waals surface area contributed by atoms with E-state index in [1.165, 1.54) is 0 Å². The molecule has 3 aromatic rings. The maximum atomic E-state index is 6.48. The minimum absolute atomic E-state index is 0.0938. The summed E-state index contributed by atoms with van der Waals surface area (Å²) in [6, 6.07) is 15.4. The third-order valence-electron chi connectivity index (χ3n) is 4.78. The van der Waals surface area contributed by atoms with Gasteiger partial charge in [0.15, 0.2) is 5.11 Å². The fraction of sp³-hybridized carbons (Fsp3) is 0.238.